The molecule has 5 heteroatoms. The van der Waals surface area contributed by atoms with Gasteiger partial charge in [-0.2, -0.15) is 0 Å². The maximum Gasteiger partial charge on any atom is 0.600 e. The van der Waals surface area contributed by atoms with Crippen LogP contribution < -0.4 is 0 Å². The van der Waals surface area contributed by atoms with Gasteiger partial charge in [-0.05, 0) is 12.1 Å². The average Bonchev–Trinajstić information content (AvgIpc) is 2.38. The molecule has 0 saturated heterocycles. The molecule has 0 bridgehead atoms. The van der Waals surface area contributed by atoms with Crippen LogP contribution in [0.3, 0.4) is 0 Å². The molecule has 2 aromatic rings. The molecule has 80 valence electrons. The standard InChI is InChI=1S/C10H7ClF3S/c1-6-4-7-2-3-8(11)5-9(7)15(6)10(12,13)14/h2-5H,1H3/q+1. The Kier molecular flexibility index (Phi) is 2.43. The molecule has 0 aliphatic carbocycles. The lowest BCUT2D eigenvalue weighted by molar-refractivity contribution is -0.0867. The first-order valence-electron chi connectivity index (χ1n) is 4.18. The van der Waals surface area contributed by atoms with E-state index in [0.717, 1.165) is 0 Å². The Bertz CT molecular complexity index is 513. The maximum absolute atomic E-state index is 12.7. The third-order valence-corrected chi connectivity index (χ3v) is 4.36. The summed E-state index contributed by atoms with van der Waals surface area (Å²) in [5.41, 5.74) is -4.21. The van der Waals surface area contributed by atoms with E-state index in [-0.39, 0.29) is 4.70 Å². The minimum Gasteiger partial charge on any atom is -0.118 e. The molecule has 0 aliphatic rings. The van der Waals surface area contributed by atoms with Crippen molar-refractivity contribution in [2.45, 2.75) is 12.4 Å². The van der Waals surface area contributed by atoms with Crippen molar-refractivity contribution in [2.75, 3.05) is 0 Å². The van der Waals surface area contributed by atoms with Gasteiger partial charge in [-0.25, -0.2) is 0 Å². The van der Waals surface area contributed by atoms with Crippen molar-refractivity contribution in [3.05, 3.63) is 34.2 Å². The minimum atomic E-state index is -4.21. The summed E-state index contributed by atoms with van der Waals surface area (Å²) in [5, 5.41) is 0.969. The molecule has 0 radical (unpaired) electrons. The lowest BCUT2D eigenvalue weighted by Crippen LogP contribution is -1.96. The molecule has 0 N–H and O–H groups in total. The van der Waals surface area contributed by atoms with E-state index >= 15 is 0 Å². The van der Waals surface area contributed by atoms with Crippen molar-refractivity contribution >= 4 is 32.2 Å². The number of benzene rings is 1. The van der Waals surface area contributed by atoms with Crippen LogP contribution in [0.2, 0.25) is 5.02 Å². The molecule has 1 aromatic heterocycles. The van der Waals surface area contributed by atoms with Crippen molar-refractivity contribution in [3.63, 3.8) is 0 Å². The fraction of sp³-hybridized carbons (Fsp3) is 0.200. The average molecular weight is 252 g/mol. The van der Waals surface area contributed by atoms with Crippen LogP contribution in [0.1, 0.15) is 4.88 Å². The summed E-state index contributed by atoms with van der Waals surface area (Å²) in [6, 6.07) is 6.20. The number of rotatable bonds is 0. The molecule has 0 fully saturated rings. The fourth-order valence-electron chi connectivity index (χ4n) is 1.56. The molecule has 0 spiro atoms. The third-order valence-electron chi connectivity index (χ3n) is 2.11. The zero-order chi connectivity index (χ0) is 11.2. The van der Waals surface area contributed by atoms with Gasteiger partial charge < -0.3 is 0 Å². The van der Waals surface area contributed by atoms with Crippen molar-refractivity contribution in [1.29, 1.82) is 0 Å². The van der Waals surface area contributed by atoms with Crippen molar-refractivity contribution in [2.24, 2.45) is 0 Å². The summed E-state index contributed by atoms with van der Waals surface area (Å²) in [6.45, 7) is 1.50. The van der Waals surface area contributed by atoms with E-state index in [0.29, 0.717) is 15.3 Å². The van der Waals surface area contributed by atoms with Crippen LogP contribution in [0, 0.1) is 6.92 Å². The zero-order valence-electron chi connectivity index (χ0n) is 7.73. The van der Waals surface area contributed by atoms with Gasteiger partial charge >= 0.3 is 5.51 Å². The van der Waals surface area contributed by atoms with Gasteiger partial charge in [-0.1, -0.05) is 11.6 Å². The van der Waals surface area contributed by atoms with Gasteiger partial charge in [0.2, 0.25) is 0 Å². The Hall–Kier alpha value is -0.740. The summed E-state index contributed by atoms with van der Waals surface area (Å²) >= 11 is 5.70. The molecule has 1 aromatic carbocycles. The Labute approximate surface area is 92.3 Å². The molecule has 15 heavy (non-hydrogen) atoms. The summed E-state index contributed by atoms with van der Waals surface area (Å²) in [5.74, 6) is 0. The van der Waals surface area contributed by atoms with Crippen molar-refractivity contribution in [3.8, 4) is 0 Å². The number of fused-ring (bicyclic) bond motifs is 1. The summed E-state index contributed by atoms with van der Waals surface area (Å²) < 4.78 is 38.5. The number of thiophene rings is 1. The number of halogens is 4. The van der Waals surface area contributed by atoms with Gasteiger partial charge in [0.15, 0.2) is 9.58 Å². The van der Waals surface area contributed by atoms with Crippen LogP contribution in [-0.4, -0.2) is 0 Å². The Balaban J connectivity index is 2.82. The quantitative estimate of drug-likeness (QED) is 0.576. The second-order valence-corrected chi connectivity index (χ2v) is 5.78. The number of hydrogen-bond donors (Lipinski definition) is 0. The molecule has 0 nitrogen and oxygen atoms in total. The van der Waals surface area contributed by atoms with Gasteiger partial charge in [0.25, 0.3) is 0 Å². The van der Waals surface area contributed by atoms with Gasteiger partial charge in [0.05, 0.1) is 10.5 Å². The Morgan fingerprint density at radius 3 is 2.47 bits per heavy atom. The Morgan fingerprint density at radius 1 is 1.20 bits per heavy atom. The molecule has 2 rings (SSSR count). The molecule has 0 amide bonds. The van der Waals surface area contributed by atoms with E-state index in [1.165, 1.54) is 13.0 Å². The first kappa shape index (κ1) is 10.8. The van der Waals surface area contributed by atoms with Crippen LogP contribution in [0.25, 0.3) is 10.1 Å². The number of aryl methyl sites for hydroxylation is 1. The van der Waals surface area contributed by atoms with Crippen LogP contribution in [-0.2, 0) is 5.51 Å². The fourth-order valence-corrected chi connectivity index (χ4v) is 3.61. The van der Waals surface area contributed by atoms with Gasteiger partial charge in [0, 0.05) is 29.5 Å². The van der Waals surface area contributed by atoms with E-state index in [1.54, 1.807) is 18.2 Å². The lowest BCUT2D eigenvalue weighted by Gasteiger charge is -1.96. The maximum atomic E-state index is 12.7. The van der Waals surface area contributed by atoms with Crippen LogP contribution in [0.15, 0.2) is 24.3 Å². The zero-order valence-corrected chi connectivity index (χ0v) is 9.30. The highest BCUT2D eigenvalue weighted by atomic mass is 35.5. The normalized spacial score (nSPS) is 13.5. The Morgan fingerprint density at radius 2 is 1.87 bits per heavy atom. The second kappa shape index (κ2) is 3.39. The minimum absolute atomic E-state index is 0.285. The highest BCUT2D eigenvalue weighted by Gasteiger charge is 2.46. The van der Waals surface area contributed by atoms with E-state index in [2.05, 4.69) is 0 Å². The summed E-state index contributed by atoms with van der Waals surface area (Å²) in [7, 11) is -1.80. The highest BCUT2D eigenvalue weighted by Crippen LogP contribution is 2.50. The van der Waals surface area contributed by atoms with Gasteiger partial charge in [-0.15, -0.1) is 13.2 Å². The first-order valence-corrected chi connectivity index (χ1v) is 5.79. The first-order chi connectivity index (χ1) is 6.89. The van der Waals surface area contributed by atoms with Crippen molar-refractivity contribution in [1.82, 2.24) is 0 Å². The SMILES string of the molecule is Cc1cc2ccc(Cl)cc2[s+]1C(F)(F)F. The van der Waals surface area contributed by atoms with Crippen LogP contribution in [0.5, 0.6) is 0 Å². The topological polar surface area (TPSA) is 0 Å². The predicted molar refractivity (Wildman–Crippen MR) is 57.5 cm³/mol. The molecular weight excluding hydrogens is 245 g/mol. The van der Waals surface area contributed by atoms with Crippen molar-refractivity contribution < 1.29 is 13.2 Å². The smallest absolute Gasteiger partial charge is 0.118 e. The van der Waals surface area contributed by atoms with Gasteiger partial charge in [0.1, 0.15) is 0 Å². The van der Waals surface area contributed by atoms with Crippen LogP contribution in [0.4, 0.5) is 13.2 Å². The number of hydrogen-bond acceptors (Lipinski definition) is 0. The monoisotopic (exact) mass is 251 g/mol. The van der Waals surface area contributed by atoms with E-state index in [1.807, 2.05) is 0 Å². The lowest BCUT2D eigenvalue weighted by atomic mass is 10.2. The van der Waals surface area contributed by atoms with E-state index in [9.17, 15) is 13.2 Å². The van der Waals surface area contributed by atoms with Gasteiger partial charge in [-0.3, -0.25) is 0 Å². The molecule has 1 unspecified atom stereocenters. The van der Waals surface area contributed by atoms with Crippen LogP contribution >= 0.6 is 22.1 Å². The molecule has 1 atom stereocenters. The number of alkyl halides is 3. The van der Waals surface area contributed by atoms with E-state index in [4.69, 9.17) is 11.6 Å². The largest absolute Gasteiger partial charge is 0.600 e. The third kappa shape index (κ3) is 1.84. The summed E-state index contributed by atoms with van der Waals surface area (Å²) in [4.78, 5) is 0.347. The van der Waals surface area contributed by atoms with E-state index < -0.39 is 16.0 Å². The second-order valence-electron chi connectivity index (χ2n) is 3.19. The predicted octanol–water partition coefficient (Wildman–Crippen LogP) is 5.03. The summed E-state index contributed by atoms with van der Waals surface area (Å²) in [6.07, 6.45) is 0. The molecule has 0 aliphatic heterocycles. The molecule has 0 saturated carbocycles. The molecular formula is C10H7ClF3S+. The molecule has 1 heterocycles. The highest BCUT2D eigenvalue weighted by molar-refractivity contribution is 7.38.